The second-order valence-electron chi connectivity index (χ2n) is 2.48. The zero-order valence-electron chi connectivity index (χ0n) is 6.42. The van der Waals surface area contributed by atoms with E-state index in [0.717, 1.165) is 0 Å². The average molecular weight is 310 g/mol. The maximum atomic E-state index is 10.4. The summed E-state index contributed by atoms with van der Waals surface area (Å²) in [5.41, 5.74) is 0.629. The van der Waals surface area contributed by atoms with E-state index in [4.69, 9.17) is 5.11 Å². The third-order valence-corrected chi connectivity index (χ3v) is 2.64. The standard InChI is InChI=1S/C8H6Br2O3/c9-5-1-4(3-7(11)12)2-6(10)8(5)13/h1-2,13H,3H2,(H,11,12). The highest BCUT2D eigenvalue weighted by Crippen LogP contribution is 2.33. The number of phenols is 1. The van der Waals surface area contributed by atoms with Crippen molar-refractivity contribution < 1.29 is 15.0 Å². The van der Waals surface area contributed by atoms with Gasteiger partial charge in [0.25, 0.3) is 0 Å². The van der Waals surface area contributed by atoms with Crippen LogP contribution in [0, 0.1) is 0 Å². The van der Waals surface area contributed by atoms with E-state index >= 15 is 0 Å². The molecule has 0 aromatic heterocycles. The van der Waals surface area contributed by atoms with Gasteiger partial charge in [-0.25, -0.2) is 0 Å². The first-order chi connectivity index (χ1) is 6.00. The van der Waals surface area contributed by atoms with Gasteiger partial charge in [0, 0.05) is 0 Å². The van der Waals surface area contributed by atoms with Crippen molar-refractivity contribution in [3.63, 3.8) is 0 Å². The van der Waals surface area contributed by atoms with Gasteiger partial charge in [-0.05, 0) is 49.6 Å². The molecule has 1 aromatic rings. The van der Waals surface area contributed by atoms with Crippen LogP contribution < -0.4 is 0 Å². The monoisotopic (exact) mass is 308 g/mol. The molecule has 0 bridgehead atoms. The Morgan fingerprint density at radius 1 is 1.31 bits per heavy atom. The van der Waals surface area contributed by atoms with E-state index in [9.17, 15) is 9.90 Å². The van der Waals surface area contributed by atoms with Crippen molar-refractivity contribution in [3.05, 3.63) is 26.6 Å². The molecule has 0 saturated carbocycles. The minimum absolute atomic E-state index is 0.0581. The summed E-state index contributed by atoms with van der Waals surface area (Å²) in [6, 6.07) is 3.16. The number of rotatable bonds is 2. The average Bonchev–Trinajstić information content (AvgIpc) is 1.98. The molecule has 0 spiro atoms. The van der Waals surface area contributed by atoms with Crippen molar-refractivity contribution in [2.24, 2.45) is 0 Å². The van der Waals surface area contributed by atoms with Crippen LogP contribution in [0.15, 0.2) is 21.1 Å². The zero-order valence-corrected chi connectivity index (χ0v) is 9.59. The molecule has 3 nitrogen and oxygen atoms in total. The molecule has 0 heterocycles. The number of phenolic OH excluding ortho intramolecular Hbond substituents is 1. The van der Waals surface area contributed by atoms with E-state index in [0.29, 0.717) is 14.5 Å². The predicted molar refractivity (Wildman–Crippen MR) is 54.8 cm³/mol. The lowest BCUT2D eigenvalue weighted by Crippen LogP contribution is -1.99. The smallest absolute Gasteiger partial charge is 0.307 e. The Morgan fingerprint density at radius 3 is 2.15 bits per heavy atom. The van der Waals surface area contributed by atoms with Gasteiger partial charge < -0.3 is 10.2 Å². The fourth-order valence-corrected chi connectivity index (χ4v) is 2.18. The van der Waals surface area contributed by atoms with Crippen molar-refractivity contribution in [3.8, 4) is 5.75 Å². The number of aromatic hydroxyl groups is 1. The van der Waals surface area contributed by atoms with Crippen LogP contribution in [0.3, 0.4) is 0 Å². The molecule has 0 fully saturated rings. The molecule has 70 valence electrons. The normalized spacial score (nSPS) is 10.0. The van der Waals surface area contributed by atoms with Crippen LogP contribution in [-0.2, 0) is 11.2 Å². The summed E-state index contributed by atoms with van der Waals surface area (Å²) in [7, 11) is 0. The number of hydrogen-bond donors (Lipinski definition) is 2. The molecule has 0 aliphatic rings. The minimum atomic E-state index is -0.899. The van der Waals surface area contributed by atoms with Crippen LogP contribution >= 0.6 is 31.9 Å². The zero-order chi connectivity index (χ0) is 10.0. The Bertz CT molecular complexity index is 326. The van der Waals surface area contributed by atoms with Crippen LogP contribution in [0.2, 0.25) is 0 Å². The molecule has 2 N–H and O–H groups in total. The highest BCUT2D eigenvalue weighted by molar-refractivity contribution is 9.11. The van der Waals surface area contributed by atoms with E-state index in [1.54, 1.807) is 12.1 Å². The molecule has 1 aromatic carbocycles. The quantitative estimate of drug-likeness (QED) is 0.882. The first-order valence-electron chi connectivity index (χ1n) is 3.39. The highest BCUT2D eigenvalue weighted by atomic mass is 79.9. The van der Waals surface area contributed by atoms with E-state index in [1.807, 2.05) is 0 Å². The number of carboxylic acid groups (broad SMARTS) is 1. The summed E-state index contributed by atoms with van der Waals surface area (Å²) in [6.45, 7) is 0. The maximum absolute atomic E-state index is 10.4. The fraction of sp³-hybridized carbons (Fsp3) is 0.125. The molecule has 0 amide bonds. The van der Waals surface area contributed by atoms with Crippen LogP contribution in [0.4, 0.5) is 0 Å². The first-order valence-corrected chi connectivity index (χ1v) is 4.98. The Morgan fingerprint density at radius 2 is 1.77 bits per heavy atom. The topological polar surface area (TPSA) is 57.5 Å². The van der Waals surface area contributed by atoms with Gasteiger partial charge in [-0.15, -0.1) is 0 Å². The second-order valence-corrected chi connectivity index (χ2v) is 4.19. The number of aliphatic carboxylic acids is 1. The Kier molecular flexibility index (Phi) is 3.33. The summed E-state index contributed by atoms with van der Waals surface area (Å²) < 4.78 is 0.969. The Hall–Kier alpha value is -0.550. The Labute approximate surface area is 91.6 Å². The predicted octanol–water partition coefficient (Wildman–Crippen LogP) is 2.54. The third-order valence-electron chi connectivity index (χ3n) is 1.43. The summed E-state index contributed by atoms with van der Waals surface area (Å²) in [5.74, 6) is -0.821. The van der Waals surface area contributed by atoms with Crippen molar-refractivity contribution in [2.75, 3.05) is 0 Å². The molecule has 0 aliphatic heterocycles. The molecule has 0 saturated heterocycles. The van der Waals surface area contributed by atoms with Gasteiger partial charge in [-0.3, -0.25) is 4.79 Å². The largest absolute Gasteiger partial charge is 0.506 e. The van der Waals surface area contributed by atoms with Crippen LogP contribution in [-0.4, -0.2) is 16.2 Å². The van der Waals surface area contributed by atoms with Crippen LogP contribution in [0.1, 0.15) is 5.56 Å². The molecule has 0 atom stereocenters. The molecule has 0 unspecified atom stereocenters. The number of benzene rings is 1. The Balaban J connectivity index is 3.06. The summed E-state index contributed by atoms with van der Waals surface area (Å²) in [6.07, 6.45) is -0.0581. The molecule has 0 radical (unpaired) electrons. The van der Waals surface area contributed by atoms with Gasteiger partial charge >= 0.3 is 5.97 Å². The lowest BCUT2D eigenvalue weighted by Gasteiger charge is -2.03. The van der Waals surface area contributed by atoms with Crippen LogP contribution in [0.5, 0.6) is 5.75 Å². The van der Waals surface area contributed by atoms with Gasteiger partial charge in [0.2, 0.25) is 0 Å². The third kappa shape index (κ3) is 2.70. The minimum Gasteiger partial charge on any atom is -0.506 e. The fourth-order valence-electron chi connectivity index (χ4n) is 0.895. The van der Waals surface area contributed by atoms with Crippen LogP contribution in [0.25, 0.3) is 0 Å². The molecule has 1 rings (SSSR count). The van der Waals surface area contributed by atoms with E-state index < -0.39 is 5.97 Å². The molecule has 0 aliphatic carbocycles. The summed E-state index contributed by atoms with van der Waals surface area (Å²) >= 11 is 6.23. The number of carbonyl (C=O) groups is 1. The van der Waals surface area contributed by atoms with Crippen molar-refractivity contribution in [1.29, 1.82) is 0 Å². The molecule has 13 heavy (non-hydrogen) atoms. The van der Waals surface area contributed by atoms with Gasteiger partial charge in [0.05, 0.1) is 15.4 Å². The lowest BCUT2D eigenvalue weighted by molar-refractivity contribution is -0.136. The van der Waals surface area contributed by atoms with Crippen molar-refractivity contribution >= 4 is 37.8 Å². The van der Waals surface area contributed by atoms with Gasteiger partial charge in [0.15, 0.2) is 0 Å². The highest BCUT2D eigenvalue weighted by Gasteiger charge is 2.07. The van der Waals surface area contributed by atoms with E-state index in [1.165, 1.54) is 0 Å². The molecule has 5 heteroatoms. The van der Waals surface area contributed by atoms with E-state index in [-0.39, 0.29) is 12.2 Å². The number of carboxylic acids is 1. The summed E-state index contributed by atoms with van der Waals surface area (Å²) in [5, 5.41) is 17.8. The van der Waals surface area contributed by atoms with Crippen molar-refractivity contribution in [1.82, 2.24) is 0 Å². The van der Waals surface area contributed by atoms with Gasteiger partial charge in [-0.2, -0.15) is 0 Å². The molecular weight excluding hydrogens is 304 g/mol. The second kappa shape index (κ2) is 4.11. The number of hydrogen-bond acceptors (Lipinski definition) is 2. The lowest BCUT2D eigenvalue weighted by atomic mass is 10.1. The van der Waals surface area contributed by atoms with Gasteiger partial charge in [0.1, 0.15) is 5.75 Å². The maximum Gasteiger partial charge on any atom is 0.307 e. The van der Waals surface area contributed by atoms with Gasteiger partial charge in [-0.1, -0.05) is 0 Å². The first kappa shape index (κ1) is 10.5. The number of halogens is 2. The van der Waals surface area contributed by atoms with E-state index in [2.05, 4.69) is 31.9 Å². The summed E-state index contributed by atoms with van der Waals surface area (Å²) in [4.78, 5) is 10.4. The van der Waals surface area contributed by atoms with Crippen molar-refractivity contribution in [2.45, 2.75) is 6.42 Å². The molecular formula is C8H6Br2O3. The SMILES string of the molecule is O=C(O)Cc1cc(Br)c(O)c(Br)c1.